The van der Waals surface area contributed by atoms with Gasteiger partial charge in [0.25, 0.3) is 5.91 Å². The minimum atomic E-state index is -0.879. The molecule has 116 valence electrons. The molecule has 1 aromatic carbocycles. The standard InChI is InChI=1S/C16H15ClFNO3/c17-15-8-7-14(22-15)16(21)19(12-5-6-12)9-13(20)10-1-3-11(18)4-2-10/h1-4,7-8,12-13,20H,5-6,9H2. The Hall–Kier alpha value is -1.85. The summed E-state index contributed by atoms with van der Waals surface area (Å²) in [6.07, 6.45) is 0.919. The Morgan fingerprint density at radius 1 is 1.32 bits per heavy atom. The van der Waals surface area contributed by atoms with Gasteiger partial charge in [-0.3, -0.25) is 4.79 Å². The van der Waals surface area contributed by atoms with E-state index in [1.807, 2.05) is 0 Å². The summed E-state index contributed by atoms with van der Waals surface area (Å²) in [6, 6.07) is 8.73. The number of aliphatic hydroxyl groups is 1. The fourth-order valence-corrected chi connectivity index (χ4v) is 2.48. The maximum Gasteiger partial charge on any atom is 0.289 e. The second kappa shape index (κ2) is 6.10. The third-order valence-electron chi connectivity index (χ3n) is 3.66. The zero-order valence-electron chi connectivity index (χ0n) is 11.7. The molecule has 1 unspecified atom stereocenters. The van der Waals surface area contributed by atoms with Crippen LogP contribution >= 0.6 is 11.6 Å². The average molecular weight is 324 g/mol. The van der Waals surface area contributed by atoms with Crippen LogP contribution in [0.25, 0.3) is 0 Å². The number of carbonyl (C=O) groups excluding carboxylic acids is 1. The predicted molar refractivity (Wildman–Crippen MR) is 79.1 cm³/mol. The van der Waals surface area contributed by atoms with E-state index >= 15 is 0 Å². The molecule has 0 saturated heterocycles. The molecule has 1 aliphatic rings. The normalized spacial score (nSPS) is 15.6. The maximum absolute atomic E-state index is 12.9. The van der Waals surface area contributed by atoms with Crippen molar-refractivity contribution in [2.75, 3.05) is 6.54 Å². The maximum atomic E-state index is 12.9. The first-order valence-electron chi connectivity index (χ1n) is 7.04. The smallest absolute Gasteiger partial charge is 0.289 e. The molecule has 0 radical (unpaired) electrons. The molecule has 2 aromatic rings. The molecule has 1 N–H and O–H groups in total. The van der Waals surface area contributed by atoms with E-state index in [0.717, 1.165) is 12.8 Å². The Balaban J connectivity index is 1.74. The van der Waals surface area contributed by atoms with E-state index in [4.69, 9.17) is 16.0 Å². The molecular formula is C16H15ClFNO3. The molecule has 1 heterocycles. The second-order valence-electron chi connectivity index (χ2n) is 5.36. The molecule has 0 aliphatic heterocycles. The van der Waals surface area contributed by atoms with Crippen molar-refractivity contribution in [1.82, 2.24) is 4.90 Å². The summed E-state index contributed by atoms with van der Waals surface area (Å²) >= 11 is 5.70. The van der Waals surface area contributed by atoms with Gasteiger partial charge in [0.15, 0.2) is 11.0 Å². The molecule has 0 spiro atoms. The molecule has 1 saturated carbocycles. The zero-order valence-corrected chi connectivity index (χ0v) is 12.5. The van der Waals surface area contributed by atoms with E-state index in [-0.39, 0.29) is 35.3 Å². The van der Waals surface area contributed by atoms with Crippen molar-refractivity contribution in [2.45, 2.75) is 25.0 Å². The van der Waals surface area contributed by atoms with Crippen molar-refractivity contribution in [3.8, 4) is 0 Å². The van der Waals surface area contributed by atoms with Gasteiger partial charge in [-0.05, 0) is 54.3 Å². The topological polar surface area (TPSA) is 53.7 Å². The van der Waals surface area contributed by atoms with Crippen LogP contribution < -0.4 is 0 Å². The summed E-state index contributed by atoms with van der Waals surface area (Å²) in [5.74, 6) is -0.505. The molecule has 1 aliphatic carbocycles. The lowest BCUT2D eigenvalue weighted by Crippen LogP contribution is -2.36. The summed E-state index contributed by atoms with van der Waals surface area (Å²) in [5, 5.41) is 10.4. The first kappa shape index (κ1) is 15.1. The third kappa shape index (κ3) is 3.31. The Morgan fingerprint density at radius 3 is 2.55 bits per heavy atom. The molecule has 6 heteroatoms. The molecular weight excluding hydrogens is 309 g/mol. The van der Waals surface area contributed by atoms with E-state index in [2.05, 4.69) is 0 Å². The van der Waals surface area contributed by atoms with E-state index < -0.39 is 6.10 Å². The van der Waals surface area contributed by atoms with E-state index in [9.17, 15) is 14.3 Å². The number of hydrogen-bond donors (Lipinski definition) is 1. The summed E-state index contributed by atoms with van der Waals surface area (Å²) in [4.78, 5) is 14.0. The van der Waals surface area contributed by atoms with Crippen LogP contribution in [0.4, 0.5) is 4.39 Å². The van der Waals surface area contributed by atoms with Crippen LogP contribution in [-0.2, 0) is 0 Å². The third-order valence-corrected chi connectivity index (χ3v) is 3.86. The number of carbonyl (C=O) groups is 1. The van der Waals surface area contributed by atoms with Crippen molar-refractivity contribution in [1.29, 1.82) is 0 Å². The van der Waals surface area contributed by atoms with Crippen molar-refractivity contribution in [2.24, 2.45) is 0 Å². The number of furan rings is 1. The summed E-state index contributed by atoms with van der Waals surface area (Å²) in [5.41, 5.74) is 0.567. The predicted octanol–water partition coefficient (Wildman–Crippen LogP) is 3.41. The average Bonchev–Trinajstić information content (AvgIpc) is 3.25. The minimum absolute atomic E-state index is 0.103. The molecule has 3 rings (SSSR count). The molecule has 1 aromatic heterocycles. The number of benzene rings is 1. The van der Waals surface area contributed by atoms with Gasteiger partial charge in [0.2, 0.25) is 0 Å². The van der Waals surface area contributed by atoms with Crippen LogP contribution in [0.3, 0.4) is 0 Å². The van der Waals surface area contributed by atoms with Gasteiger partial charge >= 0.3 is 0 Å². The number of amides is 1. The lowest BCUT2D eigenvalue weighted by atomic mass is 10.1. The van der Waals surface area contributed by atoms with Gasteiger partial charge in [0.05, 0.1) is 12.6 Å². The first-order valence-corrected chi connectivity index (χ1v) is 7.42. The fraction of sp³-hybridized carbons (Fsp3) is 0.312. The van der Waals surface area contributed by atoms with Crippen molar-refractivity contribution < 1.29 is 18.7 Å². The van der Waals surface area contributed by atoms with Gasteiger partial charge in [-0.1, -0.05) is 12.1 Å². The lowest BCUT2D eigenvalue weighted by Gasteiger charge is -2.24. The van der Waals surface area contributed by atoms with E-state index in [1.165, 1.54) is 36.4 Å². The molecule has 0 bridgehead atoms. The van der Waals surface area contributed by atoms with Crippen LogP contribution in [0.1, 0.15) is 35.1 Å². The van der Waals surface area contributed by atoms with Gasteiger partial charge < -0.3 is 14.4 Å². The summed E-state index contributed by atoms with van der Waals surface area (Å²) < 4.78 is 18.1. The van der Waals surface area contributed by atoms with Gasteiger partial charge in [-0.2, -0.15) is 0 Å². The Labute approximate surface area is 132 Å². The van der Waals surface area contributed by atoms with E-state index in [1.54, 1.807) is 4.90 Å². The Bertz CT molecular complexity index is 666. The monoisotopic (exact) mass is 323 g/mol. The van der Waals surface area contributed by atoms with E-state index in [0.29, 0.717) is 5.56 Å². The van der Waals surface area contributed by atoms with Crippen LogP contribution in [-0.4, -0.2) is 28.5 Å². The highest BCUT2D eigenvalue weighted by Crippen LogP contribution is 2.31. The lowest BCUT2D eigenvalue weighted by molar-refractivity contribution is 0.0574. The van der Waals surface area contributed by atoms with Gasteiger partial charge in [0.1, 0.15) is 5.82 Å². The number of rotatable bonds is 5. The number of aliphatic hydroxyl groups excluding tert-OH is 1. The SMILES string of the molecule is O=C(c1ccc(Cl)o1)N(CC(O)c1ccc(F)cc1)C1CC1. The Kier molecular flexibility index (Phi) is 4.18. The fourth-order valence-electron chi connectivity index (χ4n) is 2.33. The molecule has 1 atom stereocenters. The quantitative estimate of drug-likeness (QED) is 0.917. The van der Waals surface area contributed by atoms with Crippen molar-refractivity contribution >= 4 is 17.5 Å². The zero-order chi connectivity index (χ0) is 15.7. The van der Waals surface area contributed by atoms with Crippen LogP contribution in [0.15, 0.2) is 40.8 Å². The van der Waals surface area contributed by atoms with Gasteiger partial charge in [0, 0.05) is 6.04 Å². The molecule has 4 nitrogen and oxygen atoms in total. The first-order chi connectivity index (χ1) is 10.5. The highest BCUT2D eigenvalue weighted by atomic mass is 35.5. The number of hydrogen-bond acceptors (Lipinski definition) is 3. The highest BCUT2D eigenvalue weighted by Gasteiger charge is 2.35. The van der Waals surface area contributed by atoms with Gasteiger partial charge in [-0.25, -0.2) is 4.39 Å². The van der Waals surface area contributed by atoms with Crippen LogP contribution in [0.2, 0.25) is 5.22 Å². The Morgan fingerprint density at radius 2 is 2.00 bits per heavy atom. The van der Waals surface area contributed by atoms with Crippen molar-refractivity contribution in [3.05, 3.63) is 58.8 Å². The van der Waals surface area contributed by atoms with Crippen LogP contribution in [0, 0.1) is 5.82 Å². The molecule has 22 heavy (non-hydrogen) atoms. The van der Waals surface area contributed by atoms with Crippen molar-refractivity contribution in [3.63, 3.8) is 0 Å². The highest BCUT2D eigenvalue weighted by molar-refractivity contribution is 6.29. The summed E-state index contributed by atoms with van der Waals surface area (Å²) in [7, 11) is 0. The molecule has 1 fully saturated rings. The summed E-state index contributed by atoms with van der Waals surface area (Å²) in [6.45, 7) is 0.132. The second-order valence-corrected chi connectivity index (χ2v) is 5.73. The largest absolute Gasteiger partial charge is 0.440 e. The number of nitrogens with zero attached hydrogens (tertiary/aromatic N) is 1. The molecule has 1 amide bonds. The van der Waals surface area contributed by atoms with Gasteiger partial charge in [-0.15, -0.1) is 0 Å². The minimum Gasteiger partial charge on any atom is -0.440 e. The van der Waals surface area contributed by atoms with Crippen LogP contribution in [0.5, 0.6) is 0 Å². The number of halogens is 2.